The average molecular weight is 455 g/mol. The monoisotopic (exact) mass is 454 g/mol. The van der Waals surface area contributed by atoms with Gasteiger partial charge in [0.1, 0.15) is 0 Å². The summed E-state index contributed by atoms with van der Waals surface area (Å²) in [6.07, 6.45) is 1.82. The van der Waals surface area contributed by atoms with Crippen molar-refractivity contribution in [3.05, 3.63) is 24.4 Å². The molecule has 172 valence electrons. The van der Waals surface area contributed by atoms with E-state index in [9.17, 15) is 8.76 Å². The van der Waals surface area contributed by atoms with Crippen molar-refractivity contribution in [1.29, 1.82) is 0 Å². The largest absolute Gasteiger partial charge is 0.759 e. The van der Waals surface area contributed by atoms with Crippen LogP contribution >= 0.6 is 0 Å². The number of hydrazine groups is 1. The van der Waals surface area contributed by atoms with Crippen LogP contribution in [-0.2, 0) is 16.1 Å². The highest BCUT2D eigenvalue weighted by atomic mass is 32.2. The molecule has 1 fully saturated rings. The third-order valence-corrected chi connectivity index (χ3v) is 5.32. The predicted molar refractivity (Wildman–Crippen MR) is 117 cm³/mol. The lowest BCUT2D eigenvalue weighted by Crippen LogP contribution is -2.54. The number of aromatic nitrogens is 1. The first kappa shape index (κ1) is 24.8. The van der Waals surface area contributed by atoms with Crippen LogP contribution in [0.1, 0.15) is 6.92 Å². The van der Waals surface area contributed by atoms with E-state index in [0.717, 1.165) is 42.8 Å². The molecule has 31 heavy (non-hydrogen) atoms. The van der Waals surface area contributed by atoms with Gasteiger partial charge in [0, 0.05) is 73.4 Å². The molecule has 2 heterocycles. The van der Waals surface area contributed by atoms with E-state index < -0.39 is 11.3 Å². The summed E-state index contributed by atoms with van der Waals surface area (Å²) >= 11 is -2.29. The minimum Gasteiger partial charge on any atom is -0.759 e. The molecule has 0 spiro atoms. The van der Waals surface area contributed by atoms with E-state index in [-0.39, 0.29) is 6.47 Å². The third kappa shape index (κ3) is 6.74. The molecule has 1 aliphatic heterocycles. The normalized spacial score (nSPS) is 17.5. The van der Waals surface area contributed by atoms with Gasteiger partial charge < -0.3 is 24.0 Å². The first-order chi connectivity index (χ1) is 14.9. The van der Waals surface area contributed by atoms with Gasteiger partial charge in [-0.1, -0.05) is 0 Å². The Morgan fingerprint density at radius 2 is 2.00 bits per heavy atom. The number of ether oxygens (including phenoxy) is 2. The number of carbonyl (C=O) groups is 1. The number of pyridine rings is 1. The van der Waals surface area contributed by atoms with Crippen LogP contribution in [0.2, 0.25) is 0 Å². The number of anilines is 1. The number of benzene rings is 1. The van der Waals surface area contributed by atoms with Gasteiger partial charge in [0.25, 0.3) is 6.47 Å². The van der Waals surface area contributed by atoms with Crippen molar-refractivity contribution < 1.29 is 28.1 Å². The molecule has 3 N–H and O–H groups in total. The molecule has 11 nitrogen and oxygen atoms in total. The molecule has 1 saturated heterocycles. The Bertz CT molecular complexity index is 886. The van der Waals surface area contributed by atoms with Crippen LogP contribution in [0.15, 0.2) is 24.4 Å². The van der Waals surface area contributed by atoms with Gasteiger partial charge in [-0.05, 0) is 19.1 Å². The SMILES string of the molecule is COc1cc2nccc(N3CCN(CCNNS(=O)[O-])[C@H](C)C3)c2cc1OC.O=CO. The van der Waals surface area contributed by atoms with E-state index in [2.05, 4.69) is 32.0 Å². The third-order valence-electron chi connectivity index (χ3n) is 5.01. The molecule has 0 saturated carbocycles. The Labute approximate surface area is 183 Å². The number of hydrogen-bond acceptors (Lipinski definition) is 9. The summed E-state index contributed by atoms with van der Waals surface area (Å²) < 4.78 is 31.8. The summed E-state index contributed by atoms with van der Waals surface area (Å²) in [5.41, 5.74) is 4.68. The van der Waals surface area contributed by atoms with Gasteiger partial charge in [-0.25, -0.2) is 5.43 Å². The molecular formula is C19H28N5O6S-. The molecule has 1 aromatic heterocycles. The summed E-state index contributed by atoms with van der Waals surface area (Å²) in [7, 11) is 3.25. The number of carboxylic acid groups (broad SMARTS) is 1. The maximum absolute atomic E-state index is 10.5. The Morgan fingerprint density at radius 3 is 2.61 bits per heavy atom. The Hall–Kier alpha value is -2.51. The van der Waals surface area contributed by atoms with E-state index in [0.29, 0.717) is 24.1 Å². The fourth-order valence-electron chi connectivity index (χ4n) is 3.59. The highest BCUT2D eigenvalue weighted by Crippen LogP contribution is 2.36. The molecule has 2 aromatic rings. The van der Waals surface area contributed by atoms with E-state index in [1.807, 2.05) is 24.4 Å². The van der Waals surface area contributed by atoms with Gasteiger partial charge >= 0.3 is 0 Å². The molecule has 0 amide bonds. The first-order valence-electron chi connectivity index (χ1n) is 9.60. The summed E-state index contributed by atoms with van der Waals surface area (Å²) in [4.78, 5) is 19.7. The molecular weight excluding hydrogens is 426 g/mol. The standard InChI is InChI=1S/C18H27N5O4S.CH2O2/c1-13-12-23(9-8-22(13)7-6-20-21-28(24)25)16-4-5-19-15-11-18(27-3)17(26-2)10-14(15)16;2-1-3/h4-5,10-11,13,20-21H,6-9,12H2,1-3H3,(H,24,25);1H,(H,2,3)/p-1/t13-;/m1./s1. The smallest absolute Gasteiger partial charge is 0.290 e. The quantitative estimate of drug-likeness (QED) is 0.222. The minimum atomic E-state index is -2.29. The van der Waals surface area contributed by atoms with Crippen molar-refractivity contribution in [2.75, 3.05) is 51.8 Å². The van der Waals surface area contributed by atoms with Gasteiger partial charge in [-0.15, -0.1) is 0 Å². The number of nitrogens with one attached hydrogen (secondary N) is 2. The molecule has 1 aliphatic rings. The van der Waals surface area contributed by atoms with Crippen LogP contribution in [-0.4, -0.2) is 83.2 Å². The second kappa shape index (κ2) is 12.4. The van der Waals surface area contributed by atoms with E-state index in [4.69, 9.17) is 19.4 Å². The highest BCUT2D eigenvalue weighted by Gasteiger charge is 2.25. The van der Waals surface area contributed by atoms with Gasteiger partial charge in [0.05, 0.1) is 19.7 Å². The fraction of sp³-hybridized carbons (Fsp3) is 0.474. The zero-order valence-corrected chi connectivity index (χ0v) is 18.6. The van der Waals surface area contributed by atoms with Crippen LogP contribution < -0.4 is 24.6 Å². The van der Waals surface area contributed by atoms with Crippen LogP contribution in [0.3, 0.4) is 0 Å². The molecule has 3 rings (SSSR count). The highest BCUT2D eigenvalue weighted by molar-refractivity contribution is 7.76. The van der Waals surface area contributed by atoms with Crippen molar-refractivity contribution >= 4 is 34.3 Å². The zero-order valence-electron chi connectivity index (χ0n) is 17.7. The van der Waals surface area contributed by atoms with Crippen LogP contribution in [0.4, 0.5) is 5.69 Å². The van der Waals surface area contributed by atoms with Gasteiger partial charge in [0.15, 0.2) is 11.5 Å². The topological polar surface area (TPSA) is 139 Å². The maximum atomic E-state index is 10.5. The van der Waals surface area contributed by atoms with Crippen LogP contribution in [0.25, 0.3) is 10.9 Å². The fourth-order valence-corrected chi connectivity index (χ4v) is 3.81. The molecule has 2 atom stereocenters. The minimum absolute atomic E-state index is 0.250. The lowest BCUT2D eigenvalue weighted by atomic mass is 10.1. The van der Waals surface area contributed by atoms with E-state index in [1.54, 1.807) is 14.2 Å². The van der Waals surface area contributed by atoms with Gasteiger partial charge in [-0.2, -0.15) is 4.83 Å². The summed E-state index contributed by atoms with van der Waals surface area (Å²) in [5, 5.41) is 7.92. The van der Waals surface area contributed by atoms with Gasteiger partial charge in [0.2, 0.25) is 0 Å². The van der Waals surface area contributed by atoms with Crippen LogP contribution in [0, 0.1) is 0 Å². The van der Waals surface area contributed by atoms with Crippen molar-refractivity contribution in [3.63, 3.8) is 0 Å². The number of fused-ring (bicyclic) bond motifs is 1. The number of piperazine rings is 1. The Balaban J connectivity index is 0.00000107. The lowest BCUT2D eigenvalue weighted by Gasteiger charge is -2.41. The van der Waals surface area contributed by atoms with Crippen molar-refractivity contribution in [3.8, 4) is 11.5 Å². The number of methoxy groups -OCH3 is 2. The summed E-state index contributed by atoms with van der Waals surface area (Å²) in [6, 6.07) is 6.24. The number of rotatable bonds is 8. The van der Waals surface area contributed by atoms with Crippen molar-refractivity contribution in [2.45, 2.75) is 13.0 Å². The molecule has 1 aromatic carbocycles. The lowest BCUT2D eigenvalue weighted by molar-refractivity contribution is -0.122. The predicted octanol–water partition coefficient (Wildman–Crippen LogP) is 0.352. The molecule has 1 unspecified atom stereocenters. The average Bonchev–Trinajstić information content (AvgIpc) is 2.76. The first-order valence-corrected chi connectivity index (χ1v) is 10.7. The number of hydrogen-bond donors (Lipinski definition) is 3. The van der Waals surface area contributed by atoms with Crippen LogP contribution in [0.5, 0.6) is 11.5 Å². The summed E-state index contributed by atoms with van der Waals surface area (Å²) in [5.74, 6) is 1.35. The Morgan fingerprint density at radius 1 is 1.32 bits per heavy atom. The second-order valence-electron chi connectivity index (χ2n) is 6.75. The second-order valence-corrected chi connectivity index (χ2v) is 7.43. The van der Waals surface area contributed by atoms with Gasteiger partial charge in [-0.3, -0.25) is 18.9 Å². The molecule has 0 bridgehead atoms. The zero-order chi connectivity index (χ0) is 22.8. The number of nitrogens with zero attached hydrogens (tertiary/aromatic N) is 3. The molecule has 0 aliphatic carbocycles. The van der Waals surface area contributed by atoms with Crippen molar-refractivity contribution in [1.82, 2.24) is 20.1 Å². The molecule has 0 radical (unpaired) electrons. The molecule has 12 heteroatoms. The Kier molecular flexibility index (Phi) is 9.88. The van der Waals surface area contributed by atoms with E-state index in [1.165, 1.54) is 0 Å². The maximum Gasteiger partial charge on any atom is 0.290 e. The van der Waals surface area contributed by atoms with Crippen molar-refractivity contribution in [2.24, 2.45) is 0 Å². The van der Waals surface area contributed by atoms with E-state index >= 15 is 0 Å². The summed E-state index contributed by atoms with van der Waals surface area (Å²) in [6.45, 7) is 5.88.